The molecule has 0 amide bonds. The Hall–Kier alpha value is -1.10. The molecule has 0 aliphatic rings. The highest BCUT2D eigenvalue weighted by atomic mass is 35.5. The van der Waals surface area contributed by atoms with E-state index in [1.54, 1.807) is 24.3 Å². The van der Waals surface area contributed by atoms with Gasteiger partial charge in [-0.3, -0.25) is 4.79 Å². The van der Waals surface area contributed by atoms with Crippen LogP contribution in [0, 0.1) is 0 Å². The van der Waals surface area contributed by atoms with E-state index in [4.69, 9.17) is 16.7 Å². The number of nitrogens with one attached hydrogen (secondary N) is 1. The number of aliphatic hydroxyl groups excluding tert-OH is 1. The topological polar surface area (TPSA) is 69.6 Å². The molecular formula is C14H20ClNO3. The molecule has 0 aliphatic heterocycles. The molecule has 1 aromatic rings. The van der Waals surface area contributed by atoms with Crippen molar-refractivity contribution in [2.45, 2.75) is 38.3 Å². The number of halogens is 1. The van der Waals surface area contributed by atoms with Gasteiger partial charge in [0.2, 0.25) is 0 Å². The molecule has 0 bridgehead atoms. The molecule has 5 heteroatoms. The van der Waals surface area contributed by atoms with Gasteiger partial charge in [-0.25, -0.2) is 0 Å². The molecule has 0 saturated heterocycles. The minimum absolute atomic E-state index is 0.118. The zero-order valence-electron chi connectivity index (χ0n) is 11.0. The van der Waals surface area contributed by atoms with E-state index in [9.17, 15) is 9.90 Å². The number of aliphatic hydroxyl groups is 1. The first kappa shape index (κ1) is 16.0. The quantitative estimate of drug-likeness (QED) is 0.642. The second-order valence-electron chi connectivity index (χ2n) is 4.51. The van der Waals surface area contributed by atoms with Gasteiger partial charge in [0.1, 0.15) is 0 Å². The van der Waals surface area contributed by atoms with Crippen LogP contribution in [0.15, 0.2) is 24.3 Å². The lowest BCUT2D eigenvalue weighted by Gasteiger charge is -2.23. The zero-order chi connectivity index (χ0) is 14.3. The lowest BCUT2D eigenvalue weighted by Crippen LogP contribution is -2.37. The fourth-order valence-electron chi connectivity index (χ4n) is 1.84. The number of carboxylic acid groups (broad SMARTS) is 1. The third kappa shape index (κ3) is 5.59. The Morgan fingerprint density at radius 3 is 2.53 bits per heavy atom. The molecule has 2 atom stereocenters. The second-order valence-corrected chi connectivity index (χ2v) is 4.94. The molecule has 0 aliphatic carbocycles. The molecule has 2 unspecified atom stereocenters. The van der Waals surface area contributed by atoms with Crippen molar-refractivity contribution in [3.63, 3.8) is 0 Å². The number of benzene rings is 1. The Labute approximate surface area is 118 Å². The van der Waals surface area contributed by atoms with Gasteiger partial charge < -0.3 is 15.5 Å². The molecule has 0 heterocycles. The van der Waals surface area contributed by atoms with Crippen LogP contribution in [0.4, 0.5) is 0 Å². The number of hydrogen-bond donors (Lipinski definition) is 3. The van der Waals surface area contributed by atoms with E-state index in [2.05, 4.69) is 12.2 Å². The minimum atomic E-state index is -0.929. The summed E-state index contributed by atoms with van der Waals surface area (Å²) in [5.74, 6) is -0.929. The normalized spacial score (nSPS) is 14.1. The molecule has 4 nitrogen and oxygen atoms in total. The van der Waals surface area contributed by atoms with Crippen LogP contribution in [0.2, 0.25) is 5.02 Å². The predicted molar refractivity (Wildman–Crippen MR) is 75.4 cm³/mol. The smallest absolute Gasteiger partial charge is 0.305 e. The summed E-state index contributed by atoms with van der Waals surface area (Å²) in [6.07, 6.45) is 0.992. The fourth-order valence-corrected chi connectivity index (χ4v) is 1.97. The Bertz CT molecular complexity index is 394. The number of hydrogen-bond acceptors (Lipinski definition) is 3. The van der Waals surface area contributed by atoms with Crippen LogP contribution >= 0.6 is 11.6 Å². The van der Waals surface area contributed by atoms with Crippen molar-refractivity contribution in [1.82, 2.24) is 5.32 Å². The van der Waals surface area contributed by atoms with Crippen LogP contribution in [0.25, 0.3) is 0 Å². The number of rotatable bonds is 8. The SMILES string of the molecule is CCCCNC(CC(=O)O)C(O)c1ccc(Cl)cc1. The number of unbranched alkanes of at least 4 members (excludes halogenated alkanes) is 1. The molecule has 0 aromatic heterocycles. The van der Waals surface area contributed by atoms with E-state index in [0.717, 1.165) is 12.8 Å². The lowest BCUT2D eigenvalue weighted by molar-refractivity contribution is -0.138. The fraction of sp³-hybridized carbons (Fsp3) is 0.500. The summed E-state index contributed by atoms with van der Waals surface area (Å²) in [4.78, 5) is 10.9. The van der Waals surface area contributed by atoms with E-state index < -0.39 is 18.1 Å². The minimum Gasteiger partial charge on any atom is -0.481 e. The second kappa shape index (κ2) is 8.15. The first-order chi connectivity index (χ1) is 9.04. The van der Waals surface area contributed by atoms with Gasteiger partial charge in [0.05, 0.1) is 12.5 Å². The van der Waals surface area contributed by atoms with Gasteiger partial charge in [-0.05, 0) is 30.7 Å². The van der Waals surface area contributed by atoms with Crippen molar-refractivity contribution >= 4 is 17.6 Å². The Morgan fingerprint density at radius 2 is 2.00 bits per heavy atom. The molecule has 19 heavy (non-hydrogen) atoms. The predicted octanol–water partition coefficient (Wildman–Crippen LogP) is 2.61. The van der Waals surface area contributed by atoms with Crippen LogP contribution in [0.3, 0.4) is 0 Å². The van der Waals surface area contributed by atoms with Gasteiger partial charge in [0.25, 0.3) is 0 Å². The third-order valence-electron chi connectivity index (χ3n) is 2.92. The van der Waals surface area contributed by atoms with Gasteiger partial charge >= 0.3 is 5.97 Å². The molecule has 0 fully saturated rings. The largest absolute Gasteiger partial charge is 0.481 e. The first-order valence-electron chi connectivity index (χ1n) is 6.43. The maximum atomic E-state index is 10.9. The highest BCUT2D eigenvalue weighted by molar-refractivity contribution is 6.30. The van der Waals surface area contributed by atoms with E-state index >= 15 is 0 Å². The van der Waals surface area contributed by atoms with Crippen molar-refractivity contribution < 1.29 is 15.0 Å². The van der Waals surface area contributed by atoms with Crippen LogP contribution in [0.5, 0.6) is 0 Å². The van der Waals surface area contributed by atoms with Crippen molar-refractivity contribution in [3.8, 4) is 0 Å². The Kier molecular flexibility index (Phi) is 6.84. The molecule has 106 valence electrons. The Balaban J connectivity index is 2.71. The summed E-state index contributed by atoms with van der Waals surface area (Å²) in [5, 5.41) is 22.8. The average Bonchev–Trinajstić information content (AvgIpc) is 2.37. The Morgan fingerprint density at radius 1 is 1.37 bits per heavy atom. The van der Waals surface area contributed by atoms with Crippen molar-refractivity contribution in [3.05, 3.63) is 34.9 Å². The molecule has 3 N–H and O–H groups in total. The third-order valence-corrected chi connectivity index (χ3v) is 3.18. The molecule has 0 radical (unpaired) electrons. The number of carboxylic acids is 1. The summed E-state index contributed by atoms with van der Waals surface area (Å²) in [5.41, 5.74) is 0.666. The highest BCUT2D eigenvalue weighted by Crippen LogP contribution is 2.21. The number of aliphatic carboxylic acids is 1. The summed E-state index contributed by atoms with van der Waals surface area (Å²) < 4.78 is 0. The zero-order valence-corrected chi connectivity index (χ0v) is 11.7. The average molecular weight is 286 g/mol. The number of carbonyl (C=O) groups is 1. The van der Waals surface area contributed by atoms with Crippen LogP contribution < -0.4 is 5.32 Å². The molecule has 1 rings (SSSR count). The van der Waals surface area contributed by atoms with E-state index in [1.807, 2.05) is 0 Å². The van der Waals surface area contributed by atoms with Gasteiger partial charge in [0, 0.05) is 11.1 Å². The van der Waals surface area contributed by atoms with Crippen LogP contribution in [-0.4, -0.2) is 28.8 Å². The van der Waals surface area contributed by atoms with E-state index in [1.165, 1.54) is 0 Å². The van der Waals surface area contributed by atoms with Crippen molar-refractivity contribution in [2.75, 3.05) is 6.54 Å². The molecule has 0 saturated carbocycles. The standard InChI is InChI=1S/C14H20ClNO3/c1-2-3-8-16-12(9-13(17)18)14(19)10-4-6-11(15)7-5-10/h4-7,12,14,16,19H,2-3,8-9H2,1H3,(H,17,18). The highest BCUT2D eigenvalue weighted by Gasteiger charge is 2.22. The monoisotopic (exact) mass is 285 g/mol. The van der Waals surface area contributed by atoms with Gasteiger partial charge in [-0.2, -0.15) is 0 Å². The van der Waals surface area contributed by atoms with Crippen molar-refractivity contribution in [2.24, 2.45) is 0 Å². The van der Waals surface area contributed by atoms with Gasteiger partial charge in [-0.1, -0.05) is 37.1 Å². The van der Waals surface area contributed by atoms with Crippen LogP contribution in [0.1, 0.15) is 37.9 Å². The summed E-state index contributed by atoms with van der Waals surface area (Å²) >= 11 is 5.79. The maximum Gasteiger partial charge on any atom is 0.305 e. The van der Waals surface area contributed by atoms with E-state index in [-0.39, 0.29) is 6.42 Å². The summed E-state index contributed by atoms with van der Waals surface area (Å²) in [7, 11) is 0. The van der Waals surface area contributed by atoms with Gasteiger partial charge in [0.15, 0.2) is 0 Å². The van der Waals surface area contributed by atoms with Crippen LogP contribution in [-0.2, 0) is 4.79 Å². The van der Waals surface area contributed by atoms with E-state index in [0.29, 0.717) is 17.1 Å². The van der Waals surface area contributed by atoms with Crippen molar-refractivity contribution in [1.29, 1.82) is 0 Å². The summed E-state index contributed by atoms with van der Waals surface area (Å²) in [6, 6.07) is 6.30. The molecular weight excluding hydrogens is 266 g/mol. The van der Waals surface area contributed by atoms with Gasteiger partial charge in [-0.15, -0.1) is 0 Å². The maximum absolute atomic E-state index is 10.9. The molecule has 0 spiro atoms. The summed E-state index contributed by atoms with van der Waals surface area (Å²) in [6.45, 7) is 2.75. The molecule has 1 aromatic carbocycles. The first-order valence-corrected chi connectivity index (χ1v) is 6.81. The lowest BCUT2D eigenvalue weighted by atomic mass is 9.99.